The highest BCUT2D eigenvalue weighted by Gasteiger charge is 2.39. The number of hydrogen-bond acceptors (Lipinski definition) is 4. The fraction of sp³-hybridized carbons (Fsp3) is 0.929. The number of aliphatic hydroxyl groups is 1. The van der Waals surface area contributed by atoms with Gasteiger partial charge in [0.2, 0.25) is 0 Å². The Balaban J connectivity index is 1.98. The first-order chi connectivity index (χ1) is 9.01. The molecule has 1 aliphatic heterocycles. The molecule has 1 heterocycles. The van der Waals surface area contributed by atoms with E-state index in [1.54, 1.807) is 0 Å². The van der Waals surface area contributed by atoms with E-state index in [4.69, 9.17) is 0 Å². The van der Waals surface area contributed by atoms with Crippen molar-refractivity contribution in [2.75, 3.05) is 20.2 Å². The van der Waals surface area contributed by atoms with E-state index in [2.05, 4.69) is 21.9 Å². The van der Waals surface area contributed by atoms with Crippen LogP contribution in [0.3, 0.4) is 0 Å². The van der Waals surface area contributed by atoms with Crippen LogP contribution < -0.4 is 5.32 Å². The van der Waals surface area contributed by atoms with Crippen molar-refractivity contribution < 1.29 is 14.6 Å². The number of piperidine rings is 1. The molecule has 19 heavy (non-hydrogen) atoms. The van der Waals surface area contributed by atoms with Gasteiger partial charge in [0.25, 0.3) is 0 Å². The third-order valence-electron chi connectivity index (χ3n) is 4.74. The largest absolute Gasteiger partial charge is 0.453 e. The highest BCUT2D eigenvalue weighted by molar-refractivity contribution is 5.67. The van der Waals surface area contributed by atoms with Crippen LogP contribution in [0.4, 0.5) is 4.79 Å². The average molecular weight is 270 g/mol. The maximum atomic E-state index is 11.4. The third-order valence-corrected chi connectivity index (χ3v) is 4.74. The molecule has 0 spiro atoms. The summed E-state index contributed by atoms with van der Waals surface area (Å²) in [5.41, 5.74) is 0. The van der Waals surface area contributed by atoms with Crippen LogP contribution in [-0.2, 0) is 4.74 Å². The van der Waals surface area contributed by atoms with Crippen LogP contribution in [-0.4, -0.2) is 54.5 Å². The summed E-state index contributed by atoms with van der Waals surface area (Å²) in [6, 6.07) is 0.692. The fourth-order valence-corrected chi connectivity index (χ4v) is 3.32. The van der Waals surface area contributed by atoms with Gasteiger partial charge in [-0.2, -0.15) is 0 Å². The first kappa shape index (κ1) is 14.6. The summed E-state index contributed by atoms with van der Waals surface area (Å²) in [6.45, 7) is 5.93. The van der Waals surface area contributed by atoms with Gasteiger partial charge in [0.05, 0.1) is 13.2 Å². The monoisotopic (exact) mass is 270 g/mol. The maximum Gasteiger partial charge on any atom is 0.407 e. The topological polar surface area (TPSA) is 61.8 Å². The molecule has 1 saturated carbocycles. The smallest absolute Gasteiger partial charge is 0.407 e. The Hall–Kier alpha value is -0.810. The molecule has 110 valence electrons. The van der Waals surface area contributed by atoms with E-state index in [9.17, 15) is 9.90 Å². The lowest BCUT2D eigenvalue weighted by molar-refractivity contribution is -0.00995. The number of amides is 1. The summed E-state index contributed by atoms with van der Waals surface area (Å²) in [7, 11) is 1.39. The van der Waals surface area contributed by atoms with Crippen molar-refractivity contribution in [3.05, 3.63) is 0 Å². The zero-order valence-corrected chi connectivity index (χ0v) is 12.1. The van der Waals surface area contributed by atoms with Gasteiger partial charge in [-0.25, -0.2) is 4.79 Å². The van der Waals surface area contributed by atoms with Crippen LogP contribution in [0.2, 0.25) is 0 Å². The first-order valence-electron chi connectivity index (χ1n) is 7.27. The molecule has 5 heteroatoms. The predicted octanol–water partition coefficient (Wildman–Crippen LogP) is 1.21. The van der Waals surface area contributed by atoms with Gasteiger partial charge in [0, 0.05) is 25.2 Å². The van der Waals surface area contributed by atoms with E-state index in [1.165, 1.54) is 20.0 Å². The first-order valence-corrected chi connectivity index (χ1v) is 7.27. The average Bonchev–Trinajstić information content (AvgIpc) is 2.36. The summed E-state index contributed by atoms with van der Waals surface area (Å²) in [5.74, 6) is 0.954. The van der Waals surface area contributed by atoms with Gasteiger partial charge in [-0.3, -0.25) is 4.90 Å². The van der Waals surface area contributed by atoms with Gasteiger partial charge in [-0.1, -0.05) is 6.92 Å². The van der Waals surface area contributed by atoms with Gasteiger partial charge in [0.1, 0.15) is 0 Å². The minimum atomic E-state index is -0.377. The number of hydrogen-bond donors (Lipinski definition) is 2. The molecule has 1 saturated heterocycles. The van der Waals surface area contributed by atoms with Gasteiger partial charge in [-0.05, 0) is 38.0 Å². The number of ether oxygens (including phenoxy) is 1. The molecular weight excluding hydrogens is 244 g/mol. The van der Waals surface area contributed by atoms with Crippen LogP contribution >= 0.6 is 0 Å². The summed E-state index contributed by atoms with van der Waals surface area (Å²) in [6.07, 6.45) is 2.64. The Labute approximate surface area is 115 Å². The van der Waals surface area contributed by atoms with E-state index in [-0.39, 0.29) is 24.2 Å². The lowest BCUT2D eigenvalue weighted by Crippen LogP contribution is -2.58. The predicted molar refractivity (Wildman–Crippen MR) is 72.9 cm³/mol. The number of carbonyl (C=O) groups excluding carboxylic acids is 1. The minimum Gasteiger partial charge on any atom is -0.453 e. The lowest BCUT2D eigenvalue weighted by atomic mass is 9.77. The molecule has 0 aromatic carbocycles. The van der Waals surface area contributed by atoms with Crippen molar-refractivity contribution in [1.82, 2.24) is 10.2 Å². The third kappa shape index (κ3) is 3.39. The molecule has 5 nitrogen and oxygen atoms in total. The number of nitrogens with zero attached hydrogens (tertiary/aromatic N) is 1. The number of likely N-dealkylation sites (tertiary alicyclic amines) is 1. The molecule has 5 atom stereocenters. The summed E-state index contributed by atoms with van der Waals surface area (Å²) >= 11 is 0. The number of rotatable bonds is 3. The molecule has 2 N–H and O–H groups in total. The van der Waals surface area contributed by atoms with E-state index in [0.29, 0.717) is 6.04 Å². The van der Waals surface area contributed by atoms with Crippen molar-refractivity contribution in [2.24, 2.45) is 11.8 Å². The SMILES string of the molecule is COC(=O)NC1CC(C(C)O)CN(C2CCC2C)C1. The van der Waals surface area contributed by atoms with Gasteiger partial charge >= 0.3 is 6.09 Å². The van der Waals surface area contributed by atoms with E-state index in [1.807, 2.05) is 6.92 Å². The van der Waals surface area contributed by atoms with Crippen LogP contribution in [0.25, 0.3) is 0 Å². The molecule has 2 fully saturated rings. The molecule has 0 aromatic heterocycles. The summed E-state index contributed by atoms with van der Waals surface area (Å²) in [5, 5.41) is 12.8. The Morgan fingerprint density at radius 2 is 2.16 bits per heavy atom. The van der Waals surface area contributed by atoms with Crippen LogP contribution in [0, 0.1) is 11.8 Å². The number of alkyl carbamates (subject to hydrolysis) is 1. The van der Waals surface area contributed by atoms with Crippen LogP contribution in [0.1, 0.15) is 33.1 Å². The molecule has 0 bridgehead atoms. The van der Waals surface area contributed by atoms with Crippen molar-refractivity contribution in [3.63, 3.8) is 0 Å². The molecule has 5 unspecified atom stereocenters. The van der Waals surface area contributed by atoms with Gasteiger partial charge in [0.15, 0.2) is 0 Å². The normalized spacial score (nSPS) is 37.3. The highest BCUT2D eigenvalue weighted by Crippen LogP contribution is 2.34. The number of carbonyl (C=O) groups is 1. The molecule has 2 aliphatic rings. The van der Waals surface area contributed by atoms with Crippen molar-refractivity contribution in [3.8, 4) is 0 Å². The molecule has 0 aromatic rings. The van der Waals surface area contributed by atoms with Gasteiger partial charge in [-0.15, -0.1) is 0 Å². The zero-order valence-electron chi connectivity index (χ0n) is 12.1. The quantitative estimate of drug-likeness (QED) is 0.809. The van der Waals surface area contributed by atoms with Crippen molar-refractivity contribution in [2.45, 2.75) is 51.3 Å². The number of nitrogens with one attached hydrogen (secondary N) is 1. The Bertz CT molecular complexity index is 322. The second kappa shape index (κ2) is 6.09. The second-order valence-electron chi connectivity index (χ2n) is 6.15. The second-order valence-corrected chi connectivity index (χ2v) is 6.15. The molecular formula is C14H26N2O3. The molecule has 1 amide bonds. The Morgan fingerprint density at radius 3 is 2.63 bits per heavy atom. The molecule has 1 aliphatic carbocycles. The Morgan fingerprint density at radius 1 is 1.42 bits per heavy atom. The van der Waals surface area contributed by atoms with E-state index < -0.39 is 0 Å². The summed E-state index contributed by atoms with van der Waals surface area (Å²) in [4.78, 5) is 13.8. The maximum absolute atomic E-state index is 11.4. The standard InChI is InChI=1S/C14H26N2O3/c1-9-4-5-13(9)16-7-11(10(2)17)6-12(8-16)15-14(18)19-3/h9-13,17H,4-8H2,1-3H3,(H,15,18). The lowest BCUT2D eigenvalue weighted by Gasteiger charge is -2.48. The fourth-order valence-electron chi connectivity index (χ4n) is 3.32. The van der Waals surface area contributed by atoms with Crippen molar-refractivity contribution in [1.29, 1.82) is 0 Å². The highest BCUT2D eigenvalue weighted by atomic mass is 16.5. The number of aliphatic hydroxyl groups excluding tert-OH is 1. The van der Waals surface area contributed by atoms with E-state index >= 15 is 0 Å². The van der Waals surface area contributed by atoms with E-state index in [0.717, 1.165) is 25.4 Å². The summed E-state index contributed by atoms with van der Waals surface area (Å²) < 4.78 is 4.67. The molecule has 0 radical (unpaired) electrons. The van der Waals surface area contributed by atoms with Crippen LogP contribution in [0.5, 0.6) is 0 Å². The Kier molecular flexibility index (Phi) is 4.68. The van der Waals surface area contributed by atoms with Crippen LogP contribution in [0.15, 0.2) is 0 Å². The molecule has 2 rings (SSSR count). The van der Waals surface area contributed by atoms with Crippen molar-refractivity contribution >= 4 is 6.09 Å². The van der Waals surface area contributed by atoms with Gasteiger partial charge < -0.3 is 15.2 Å². The number of methoxy groups -OCH3 is 1. The zero-order chi connectivity index (χ0) is 14.0. The minimum absolute atomic E-state index is 0.0774.